The Bertz CT molecular complexity index is 947. The van der Waals surface area contributed by atoms with Gasteiger partial charge in [0.2, 0.25) is 11.9 Å². The Morgan fingerprint density at radius 1 is 1.00 bits per heavy atom. The van der Waals surface area contributed by atoms with E-state index < -0.39 is 0 Å². The van der Waals surface area contributed by atoms with E-state index in [9.17, 15) is 4.79 Å². The molecule has 1 aliphatic carbocycles. The van der Waals surface area contributed by atoms with Crippen LogP contribution in [0.5, 0.6) is 0 Å². The summed E-state index contributed by atoms with van der Waals surface area (Å²) in [5, 5.41) is 3.83. The van der Waals surface area contributed by atoms with E-state index in [1.165, 1.54) is 38.5 Å². The lowest BCUT2D eigenvalue weighted by atomic mass is 9.80. The number of carbonyl (C=O) groups is 1. The van der Waals surface area contributed by atoms with E-state index in [1.54, 1.807) is 23.5 Å². The van der Waals surface area contributed by atoms with E-state index in [0.29, 0.717) is 17.4 Å². The van der Waals surface area contributed by atoms with E-state index in [2.05, 4.69) is 20.2 Å². The Balaban J connectivity index is 1.30. The first kappa shape index (κ1) is 20.5. The van der Waals surface area contributed by atoms with Crippen LogP contribution in [0.2, 0.25) is 5.02 Å². The van der Waals surface area contributed by atoms with E-state index in [0.717, 1.165) is 55.1 Å². The fourth-order valence-electron chi connectivity index (χ4n) is 5.30. The summed E-state index contributed by atoms with van der Waals surface area (Å²) >= 11 is 6.49. The topological polar surface area (TPSA) is 74.2 Å². The second-order valence-electron chi connectivity index (χ2n) is 8.96. The van der Waals surface area contributed by atoms with Crippen molar-refractivity contribution >= 4 is 40.6 Å². The molecule has 3 aliphatic rings. The van der Waals surface area contributed by atoms with Crippen molar-refractivity contribution in [3.63, 3.8) is 0 Å². The van der Waals surface area contributed by atoms with Crippen LogP contribution in [0.15, 0.2) is 24.7 Å². The maximum Gasteiger partial charge on any atom is 0.229 e. The van der Waals surface area contributed by atoms with Gasteiger partial charge in [0, 0.05) is 26.1 Å². The lowest BCUT2D eigenvalue weighted by Crippen LogP contribution is -2.25. The quantitative estimate of drug-likeness (QED) is 0.719. The molecule has 1 unspecified atom stereocenters. The molecule has 2 aromatic heterocycles. The molecule has 0 radical (unpaired) electrons. The summed E-state index contributed by atoms with van der Waals surface area (Å²) in [6.07, 6.45) is 14.7. The number of amides is 1. The van der Waals surface area contributed by atoms with Gasteiger partial charge < -0.3 is 15.1 Å². The highest BCUT2D eigenvalue weighted by Gasteiger charge is 2.32. The Kier molecular flexibility index (Phi) is 5.94. The molecule has 4 heterocycles. The molecular weight excluding hydrogens is 412 g/mol. The normalized spacial score (nSPS) is 22.4. The Morgan fingerprint density at radius 2 is 1.87 bits per heavy atom. The summed E-state index contributed by atoms with van der Waals surface area (Å²) in [5.41, 5.74) is 1.56. The van der Waals surface area contributed by atoms with Crippen molar-refractivity contribution in [2.24, 2.45) is 11.8 Å². The van der Waals surface area contributed by atoms with E-state index in [4.69, 9.17) is 16.6 Å². The molecule has 3 fully saturated rings. The Labute approximate surface area is 188 Å². The highest BCUT2D eigenvalue weighted by Crippen LogP contribution is 2.37. The van der Waals surface area contributed by atoms with Gasteiger partial charge in [-0.15, -0.1) is 0 Å². The molecule has 164 valence electrons. The molecule has 5 rings (SSSR count). The van der Waals surface area contributed by atoms with Gasteiger partial charge in [-0.25, -0.2) is 4.98 Å². The molecule has 1 saturated carbocycles. The first-order valence-electron chi connectivity index (χ1n) is 11.5. The van der Waals surface area contributed by atoms with Crippen molar-refractivity contribution < 1.29 is 4.79 Å². The van der Waals surface area contributed by atoms with E-state index in [1.807, 2.05) is 6.07 Å². The van der Waals surface area contributed by atoms with Gasteiger partial charge >= 0.3 is 0 Å². The average molecular weight is 441 g/mol. The van der Waals surface area contributed by atoms with E-state index in [-0.39, 0.29) is 5.91 Å². The molecule has 8 heteroatoms. The number of hydrogen-bond donors (Lipinski definition) is 1. The smallest absolute Gasteiger partial charge is 0.229 e. The van der Waals surface area contributed by atoms with Crippen molar-refractivity contribution in [2.75, 3.05) is 34.8 Å². The van der Waals surface area contributed by atoms with Crippen molar-refractivity contribution in [1.29, 1.82) is 0 Å². The first-order valence-corrected chi connectivity index (χ1v) is 11.8. The number of aromatic nitrogens is 3. The second kappa shape index (κ2) is 8.99. The summed E-state index contributed by atoms with van der Waals surface area (Å²) in [6.45, 7) is 2.75. The molecule has 0 spiro atoms. The van der Waals surface area contributed by atoms with Crippen LogP contribution >= 0.6 is 11.6 Å². The van der Waals surface area contributed by atoms with Crippen LogP contribution < -0.4 is 15.1 Å². The van der Waals surface area contributed by atoms with Crippen LogP contribution in [0, 0.1) is 11.8 Å². The number of anilines is 4. The van der Waals surface area contributed by atoms with Gasteiger partial charge in [0.1, 0.15) is 5.02 Å². The molecule has 1 atom stereocenters. The molecule has 1 amide bonds. The summed E-state index contributed by atoms with van der Waals surface area (Å²) in [5.74, 6) is 3.02. The Hall–Kier alpha value is -2.41. The molecule has 0 bridgehead atoms. The molecule has 31 heavy (non-hydrogen) atoms. The number of pyridine rings is 1. The van der Waals surface area contributed by atoms with Gasteiger partial charge in [0.25, 0.3) is 0 Å². The minimum atomic E-state index is 0.144. The lowest BCUT2D eigenvalue weighted by Gasteiger charge is -2.27. The summed E-state index contributed by atoms with van der Waals surface area (Å²) < 4.78 is 0. The molecule has 0 aromatic carbocycles. The van der Waals surface area contributed by atoms with Crippen LogP contribution in [0.25, 0.3) is 0 Å². The van der Waals surface area contributed by atoms with Crippen LogP contribution in [0.1, 0.15) is 51.4 Å². The number of rotatable bonds is 5. The number of carbonyl (C=O) groups excluding carboxylic acids is 1. The van der Waals surface area contributed by atoms with Gasteiger partial charge in [-0.2, -0.15) is 4.98 Å². The van der Waals surface area contributed by atoms with Crippen LogP contribution in [0.3, 0.4) is 0 Å². The predicted octanol–water partition coefficient (Wildman–Crippen LogP) is 4.80. The summed E-state index contributed by atoms with van der Waals surface area (Å²) in [7, 11) is 0. The van der Waals surface area contributed by atoms with Crippen LogP contribution in [-0.2, 0) is 4.79 Å². The predicted molar refractivity (Wildman–Crippen MR) is 123 cm³/mol. The number of hydrogen-bond acceptors (Lipinski definition) is 6. The average Bonchev–Trinajstić information content (AvgIpc) is 3.45. The SMILES string of the molecule is O=C1CCCN1c1cncc(Nc2ncc(Cl)c(N3CCC(C4CCCCC4)C3)n2)c1. The first-order chi connectivity index (χ1) is 15.2. The minimum absolute atomic E-state index is 0.144. The lowest BCUT2D eigenvalue weighted by molar-refractivity contribution is -0.117. The largest absolute Gasteiger partial charge is 0.355 e. The fraction of sp³-hybridized carbons (Fsp3) is 0.565. The van der Waals surface area contributed by atoms with Gasteiger partial charge in [-0.05, 0) is 30.7 Å². The zero-order valence-corrected chi connectivity index (χ0v) is 18.5. The molecule has 2 aliphatic heterocycles. The number of nitrogens with one attached hydrogen (secondary N) is 1. The third-order valence-corrected chi connectivity index (χ3v) is 7.20. The maximum atomic E-state index is 12.0. The zero-order valence-electron chi connectivity index (χ0n) is 17.8. The van der Waals surface area contributed by atoms with E-state index >= 15 is 0 Å². The molecule has 2 saturated heterocycles. The van der Waals surface area contributed by atoms with Gasteiger partial charge in [0.05, 0.1) is 30.0 Å². The maximum absolute atomic E-state index is 12.0. The van der Waals surface area contributed by atoms with Gasteiger partial charge in [-0.3, -0.25) is 9.78 Å². The highest BCUT2D eigenvalue weighted by molar-refractivity contribution is 6.32. The Morgan fingerprint density at radius 3 is 2.68 bits per heavy atom. The van der Waals surface area contributed by atoms with Gasteiger partial charge in [0.15, 0.2) is 5.82 Å². The van der Waals surface area contributed by atoms with Crippen molar-refractivity contribution in [3.05, 3.63) is 29.7 Å². The third kappa shape index (κ3) is 4.47. The third-order valence-electron chi connectivity index (χ3n) is 6.93. The van der Waals surface area contributed by atoms with Gasteiger partial charge in [-0.1, -0.05) is 43.7 Å². The van der Waals surface area contributed by atoms with Crippen molar-refractivity contribution in [2.45, 2.75) is 51.4 Å². The number of halogens is 1. The van der Waals surface area contributed by atoms with Crippen molar-refractivity contribution in [3.8, 4) is 0 Å². The summed E-state index contributed by atoms with van der Waals surface area (Å²) in [6, 6.07) is 1.92. The number of nitrogens with zero attached hydrogens (tertiary/aromatic N) is 5. The molecule has 1 N–H and O–H groups in total. The molecule has 7 nitrogen and oxygen atoms in total. The zero-order chi connectivity index (χ0) is 21.2. The fourth-order valence-corrected chi connectivity index (χ4v) is 5.51. The second-order valence-corrected chi connectivity index (χ2v) is 9.37. The highest BCUT2D eigenvalue weighted by atomic mass is 35.5. The molecular formula is C23H29ClN6O. The van der Waals surface area contributed by atoms with Crippen LogP contribution in [0.4, 0.5) is 23.1 Å². The standard InChI is InChI=1S/C23H29ClN6O/c24-20-14-26-23(27-18-11-19(13-25-12-18)30-9-4-7-21(30)31)28-22(20)29-10-8-17(15-29)16-5-2-1-3-6-16/h11-14,16-17H,1-10,15H2,(H,26,27,28). The summed E-state index contributed by atoms with van der Waals surface area (Å²) in [4.78, 5) is 29.5. The minimum Gasteiger partial charge on any atom is -0.355 e. The van der Waals surface area contributed by atoms with Crippen molar-refractivity contribution in [1.82, 2.24) is 15.0 Å². The monoisotopic (exact) mass is 440 g/mol. The molecule has 2 aromatic rings. The van der Waals surface area contributed by atoms with Crippen LogP contribution in [-0.4, -0.2) is 40.5 Å².